The van der Waals surface area contributed by atoms with Gasteiger partial charge < -0.3 is 9.64 Å². The normalized spacial score (nSPS) is 17.5. The second-order valence-electron chi connectivity index (χ2n) is 6.83. The van der Waals surface area contributed by atoms with Crippen LogP contribution in [-0.4, -0.2) is 13.7 Å². The highest BCUT2D eigenvalue weighted by atomic mass is 16.5. The lowest BCUT2D eigenvalue weighted by Gasteiger charge is -2.24. The Labute approximate surface area is 142 Å². The molecule has 1 heterocycles. The molecule has 0 bridgehead atoms. The summed E-state index contributed by atoms with van der Waals surface area (Å²) in [5.41, 5.74) is 2.55. The standard InChI is InChI=1S/C20H23NO3/c1-5-6-11-24-19-13(17(22)18(19)23)12-16-20(2,3)14-9-7-8-10-15(14)21(16)4/h7-10,12H,5-6,11H2,1-4H3/b16-12+. The molecule has 3 rings (SSSR count). The minimum Gasteiger partial charge on any atom is -0.489 e. The van der Waals surface area contributed by atoms with E-state index in [1.807, 2.05) is 25.3 Å². The number of rotatable bonds is 5. The van der Waals surface area contributed by atoms with Crippen LogP contribution in [0.1, 0.15) is 44.7 Å². The van der Waals surface area contributed by atoms with Gasteiger partial charge in [0, 0.05) is 23.8 Å². The van der Waals surface area contributed by atoms with E-state index >= 15 is 0 Å². The molecule has 4 heteroatoms. The van der Waals surface area contributed by atoms with Gasteiger partial charge >= 0.3 is 0 Å². The number of ether oxygens (including phenoxy) is 1. The van der Waals surface area contributed by atoms with Crippen molar-refractivity contribution < 1.29 is 4.74 Å². The Bertz CT molecular complexity index is 869. The third-order valence-corrected chi connectivity index (χ3v) is 4.87. The first-order chi connectivity index (χ1) is 11.4. The highest BCUT2D eigenvalue weighted by Gasteiger charge is 2.39. The van der Waals surface area contributed by atoms with Crippen molar-refractivity contribution in [1.82, 2.24) is 0 Å². The van der Waals surface area contributed by atoms with E-state index in [-0.39, 0.29) is 11.2 Å². The summed E-state index contributed by atoms with van der Waals surface area (Å²) in [5, 5.41) is 0. The molecule has 1 aliphatic rings. The number of benzene rings is 1. The Hall–Kier alpha value is -2.36. The molecule has 0 saturated heterocycles. The molecule has 0 aromatic heterocycles. The first-order valence-electron chi connectivity index (χ1n) is 8.41. The summed E-state index contributed by atoms with van der Waals surface area (Å²) in [5.74, 6) is 0.223. The van der Waals surface area contributed by atoms with E-state index in [2.05, 4.69) is 37.8 Å². The number of hydrogen-bond donors (Lipinski definition) is 0. The maximum absolute atomic E-state index is 12.0. The largest absolute Gasteiger partial charge is 0.489 e. The van der Waals surface area contributed by atoms with Gasteiger partial charge in [-0.15, -0.1) is 0 Å². The predicted octanol–water partition coefficient (Wildman–Crippen LogP) is 3.23. The van der Waals surface area contributed by atoms with Gasteiger partial charge in [0.1, 0.15) is 0 Å². The zero-order valence-corrected chi connectivity index (χ0v) is 14.7. The molecule has 2 aromatic carbocycles. The van der Waals surface area contributed by atoms with Gasteiger partial charge in [-0.3, -0.25) is 9.59 Å². The molecule has 0 radical (unpaired) electrons. The molecule has 4 nitrogen and oxygen atoms in total. The maximum Gasteiger partial charge on any atom is 0.268 e. The smallest absolute Gasteiger partial charge is 0.268 e. The van der Waals surface area contributed by atoms with Gasteiger partial charge in [-0.2, -0.15) is 0 Å². The van der Waals surface area contributed by atoms with E-state index in [0.29, 0.717) is 12.2 Å². The Morgan fingerprint density at radius 1 is 1.17 bits per heavy atom. The summed E-state index contributed by atoms with van der Waals surface area (Å²) in [6, 6.07) is 8.20. The average molecular weight is 325 g/mol. The molecule has 0 fully saturated rings. The fourth-order valence-corrected chi connectivity index (χ4v) is 3.38. The van der Waals surface area contributed by atoms with Crippen LogP contribution in [0.5, 0.6) is 5.75 Å². The van der Waals surface area contributed by atoms with Crippen LogP contribution in [0, 0.1) is 0 Å². The Kier molecular flexibility index (Phi) is 4.08. The summed E-state index contributed by atoms with van der Waals surface area (Å²) < 4.78 is 5.55. The van der Waals surface area contributed by atoms with Gasteiger partial charge in [-0.05, 0) is 24.1 Å². The molecule has 0 spiro atoms. The summed E-state index contributed by atoms with van der Waals surface area (Å²) in [6.07, 6.45) is 3.67. The van der Waals surface area contributed by atoms with Gasteiger partial charge in [-0.1, -0.05) is 45.4 Å². The zero-order valence-electron chi connectivity index (χ0n) is 14.7. The van der Waals surface area contributed by atoms with Crippen molar-refractivity contribution in [2.45, 2.75) is 39.0 Å². The average Bonchev–Trinajstić information content (AvgIpc) is 2.77. The topological polar surface area (TPSA) is 46.6 Å². The number of unbranched alkanes of at least 4 members (excludes halogenated alkanes) is 1. The van der Waals surface area contributed by atoms with Crippen molar-refractivity contribution in [2.75, 3.05) is 18.6 Å². The maximum atomic E-state index is 12.0. The van der Waals surface area contributed by atoms with Crippen LogP contribution in [0.15, 0.2) is 39.6 Å². The zero-order chi connectivity index (χ0) is 17.5. The Morgan fingerprint density at radius 2 is 1.88 bits per heavy atom. The lowest BCUT2D eigenvalue weighted by molar-refractivity contribution is 0.302. The number of hydrogen-bond acceptors (Lipinski definition) is 4. The lowest BCUT2D eigenvalue weighted by atomic mass is 9.83. The number of fused-ring (bicyclic) bond motifs is 1. The summed E-state index contributed by atoms with van der Waals surface area (Å²) in [7, 11) is 1.99. The van der Waals surface area contributed by atoms with Gasteiger partial charge in [0.2, 0.25) is 5.43 Å². The second-order valence-corrected chi connectivity index (χ2v) is 6.83. The molecule has 0 unspecified atom stereocenters. The van der Waals surface area contributed by atoms with Gasteiger partial charge in [0.15, 0.2) is 5.75 Å². The highest BCUT2D eigenvalue weighted by Crippen LogP contribution is 2.47. The predicted molar refractivity (Wildman–Crippen MR) is 97.6 cm³/mol. The van der Waals surface area contributed by atoms with E-state index in [4.69, 9.17) is 4.74 Å². The number of likely N-dealkylation sites (N-methyl/N-ethyl adjacent to an activating group) is 1. The van der Waals surface area contributed by atoms with Gasteiger partial charge in [0.05, 0.1) is 12.2 Å². The second kappa shape index (κ2) is 5.93. The first kappa shape index (κ1) is 16.5. The van der Waals surface area contributed by atoms with Crippen LogP contribution in [0.2, 0.25) is 0 Å². The van der Waals surface area contributed by atoms with Crippen LogP contribution in [-0.2, 0) is 5.41 Å². The number of anilines is 1. The molecule has 2 aromatic rings. The Balaban J connectivity index is 2.00. The molecule has 126 valence electrons. The molecule has 0 atom stereocenters. The minimum absolute atomic E-state index is 0.223. The van der Waals surface area contributed by atoms with Crippen LogP contribution >= 0.6 is 0 Å². The van der Waals surface area contributed by atoms with Crippen molar-refractivity contribution in [3.63, 3.8) is 0 Å². The molecule has 0 N–H and O–H groups in total. The summed E-state index contributed by atoms with van der Waals surface area (Å²) >= 11 is 0. The van der Waals surface area contributed by atoms with E-state index in [0.717, 1.165) is 24.2 Å². The fraction of sp³-hybridized carbons (Fsp3) is 0.400. The quantitative estimate of drug-likeness (QED) is 0.625. The first-order valence-corrected chi connectivity index (χ1v) is 8.41. The van der Waals surface area contributed by atoms with E-state index in [9.17, 15) is 9.59 Å². The van der Waals surface area contributed by atoms with Crippen LogP contribution < -0.4 is 20.5 Å². The third kappa shape index (κ3) is 2.37. The highest BCUT2D eigenvalue weighted by molar-refractivity contribution is 5.77. The van der Waals surface area contributed by atoms with Gasteiger partial charge in [0.25, 0.3) is 5.43 Å². The van der Waals surface area contributed by atoms with Crippen molar-refractivity contribution in [3.8, 4) is 5.75 Å². The third-order valence-electron chi connectivity index (χ3n) is 4.87. The summed E-state index contributed by atoms with van der Waals surface area (Å²) in [6.45, 7) is 6.78. The minimum atomic E-state index is -0.506. The number of para-hydroxylation sites is 1. The monoisotopic (exact) mass is 325 g/mol. The number of nitrogens with zero attached hydrogens (tertiary/aromatic N) is 1. The van der Waals surface area contributed by atoms with E-state index in [1.165, 1.54) is 5.56 Å². The molecule has 1 aliphatic heterocycles. The van der Waals surface area contributed by atoms with Gasteiger partial charge in [-0.25, -0.2) is 0 Å². The Morgan fingerprint density at radius 3 is 2.54 bits per heavy atom. The van der Waals surface area contributed by atoms with Crippen LogP contribution in [0.25, 0.3) is 6.08 Å². The van der Waals surface area contributed by atoms with Crippen LogP contribution in [0.3, 0.4) is 0 Å². The molecule has 0 saturated carbocycles. The molecule has 24 heavy (non-hydrogen) atoms. The molecular weight excluding hydrogens is 302 g/mol. The fourth-order valence-electron chi connectivity index (χ4n) is 3.38. The molecule has 0 aliphatic carbocycles. The lowest BCUT2D eigenvalue weighted by Crippen LogP contribution is -2.36. The number of allylic oxidation sites excluding steroid dienone is 1. The van der Waals surface area contributed by atoms with Crippen molar-refractivity contribution >= 4 is 11.8 Å². The van der Waals surface area contributed by atoms with E-state index in [1.54, 1.807) is 0 Å². The van der Waals surface area contributed by atoms with Crippen molar-refractivity contribution in [3.05, 3.63) is 61.5 Å². The molecular formula is C20H23NO3. The van der Waals surface area contributed by atoms with Crippen molar-refractivity contribution in [2.24, 2.45) is 0 Å². The van der Waals surface area contributed by atoms with Crippen LogP contribution in [0.4, 0.5) is 5.69 Å². The van der Waals surface area contributed by atoms with Crippen molar-refractivity contribution in [1.29, 1.82) is 0 Å². The van der Waals surface area contributed by atoms with E-state index < -0.39 is 10.9 Å². The summed E-state index contributed by atoms with van der Waals surface area (Å²) in [4.78, 5) is 25.9. The SMILES string of the molecule is CCCCOc1c(/C=C2/N(C)c3ccccc3C2(C)C)c(=O)c1=O. The molecule has 0 amide bonds.